The zero-order valence-corrected chi connectivity index (χ0v) is 8.92. The number of nitrogens with zero attached hydrogens (tertiary/aromatic N) is 1. The van der Waals surface area contributed by atoms with Crippen molar-refractivity contribution in [2.24, 2.45) is 0 Å². The molecular weight excluding hydrogens is 220 g/mol. The predicted octanol–water partition coefficient (Wildman–Crippen LogP) is 1.36. The van der Waals surface area contributed by atoms with Gasteiger partial charge in [0, 0.05) is 18.2 Å². The maximum Gasteiger partial charge on any atom is 0.269 e. The van der Waals surface area contributed by atoms with Crippen LogP contribution in [0.15, 0.2) is 30.3 Å². The molecule has 5 heteroatoms. The second kappa shape index (κ2) is 6.08. The summed E-state index contributed by atoms with van der Waals surface area (Å²) < 4.78 is 0. The number of nitro groups is 1. The van der Waals surface area contributed by atoms with Gasteiger partial charge in [-0.25, -0.2) is 0 Å². The summed E-state index contributed by atoms with van der Waals surface area (Å²) >= 11 is 0. The molecule has 0 aliphatic heterocycles. The summed E-state index contributed by atoms with van der Waals surface area (Å²) in [6.45, 7) is 0.170. The van der Waals surface area contributed by atoms with E-state index in [0.717, 1.165) is 0 Å². The molecule has 0 aliphatic rings. The molecule has 0 radical (unpaired) electrons. The van der Waals surface area contributed by atoms with Crippen LogP contribution in [0.3, 0.4) is 0 Å². The third-order valence-corrected chi connectivity index (χ3v) is 1.90. The van der Waals surface area contributed by atoms with Crippen LogP contribution < -0.4 is 5.32 Å². The van der Waals surface area contributed by atoms with Crippen LogP contribution in [0.4, 0.5) is 5.69 Å². The van der Waals surface area contributed by atoms with Crippen LogP contribution in [0.2, 0.25) is 0 Å². The van der Waals surface area contributed by atoms with Gasteiger partial charge in [-0.05, 0) is 23.8 Å². The molecule has 1 amide bonds. The van der Waals surface area contributed by atoms with Crippen molar-refractivity contribution in [2.75, 3.05) is 6.54 Å². The van der Waals surface area contributed by atoms with Gasteiger partial charge < -0.3 is 5.32 Å². The number of carbonyl (C=O) groups excluding carboxylic acids is 1. The Bertz CT molecular complexity index is 483. The van der Waals surface area contributed by atoms with Gasteiger partial charge in [-0.3, -0.25) is 14.9 Å². The van der Waals surface area contributed by atoms with E-state index in [2.05, 4.69) is 11.2 Å². The summed E-state index contributed by atoms with van der Waals surface area (Å²) in [5.74, 6) is 1.97. The lowest BCUT2D eigenvalue weighted by Gasteiger charge is -1.95. The van der Waals surface area contributed by atoms with Crippen LogP contribution in [0.1, 0.15) is 5.56 Å². The molecule has 0 saturated carbocycles. The first-order valence-electron chi connectivity index (χ1n) is 4.77. The van der Waals surface area contributed by atoms with E-state index in [1.54, 1.807) is 18.2 Å². The van der Waals surface area contributed by atoms with Crippen LogP contribution in [-0.2, 0) is 4.79 Å². The van der Waals surface area contributed by atoms with E-state index < -0.39 is 4.92 Å². The number of rotatable bonds is 4. The van der Waals surface area contributed by atoms with E-state index in [9.17, 15) is 14.9 Å². The number of benzene rings is 1. The Morgan fingerprint density at radius 1 is 1.47 bits per heavy atom. The van der Waals surface area contributed by atoms with Gasteiger partial charge in [-0.2, -0.15) is 0 Å². The van der Waals surface area contributed by atoms with E-state index in [0.29, 0.717) is 5.56 Å². The molecule has 0 bridgehead atoms. The van der Waals surface area contributed by atoms with Gasteiger partial charge in [0.15, 0.2) is 0 Å². The number of nitro benzene ring substituents is 1. The van der Waals surface area contributed by atoms with E-state index >= 15 is 0 Å². The van der Waals surface area contributed by atoms with Crippen LogP contribution in [0, 0.1) is 22.5 Å². The maximum atomic E-state index is 11.1. The number of hydrogen-bond donors (Lipinski definition) is 1. The normalized spacial score (nSPS) is 9.82. The van der Waals surface area contributed by atoms with Crippen molar-refractivity contribution < 1.29 is 9.72 Å². The summed E-state index contributed by atoms with van der Waals surface area (Å²) in [6, 6.07) is 5.87. The Kier molecular flexibility index (Phi) is 4.45. The second-order valence-corrected chi connectivity index (χ2v) is 3.10. The Morgan fingerprint density at radius 3 is 2.65 bits per heavy atom. The topological polar surface area (TPSA) is 72.2 Å². The number of terminal acetylenes is 1. The zero-order valence-electron chi connectivity index (χ0n) is 8.92. The minimum Gasteiger partial charge on any atom is -0.342 e. The number of non-ortho nitro benzene ring substituents is 1. The Hall–Kier alpha value is -2.61. The lowest BCUT2D eigenvalue weighted by molar-refractivity contribution is -0.384. The first-order valence-corrected chi connectivity index (χ1v) is 4.77. The summed E-state index contributed by atoms with van der Waals surface area (Å²) in [4.78, 5) is 21.1. The van der Waals surface area contributed by atoms with Gasteiger partial charge in [-0.1, -0.05) is 5.92 Å². The van der Waals surface area contributed by atoms with E-state index in [4.69, 9.17) is 6.42 Å². The fourth-order valence-corrected chi connectivity index (χ4v) is 1.08. The molecule has 0 atom stereocenters. The minimum atomic E-state index is -0.479. The molecule has 0 saturated heterocycles. The van der Waals surface area contributed by atoms with Crippen molar-refractivity contribution in [3.8, 4) is 12.3 Å². The molecule has 17 heavy (non-hydrogen) atoms. The molecule has 1 rings (SSSR count). The fraction of sp³-hybridized carbons (Fsp3) is 0.0833. The molecule has 0 aliphatic carbocycles. The highest BCUT2D eigenvalue weighted by molar-refractivity contribution is 5.91. The van der Waals surface area contributed by atoms with Gasteiger partial charge in [0.25, 0.3) is 5.69 Å². The Balaban J connectivity index is 2.63. The summed E-state index contributed by atoms with van der Waals surface area (Å²) in [5, 5.41) is 12.9. The monoisotopic (exact) mass is 230 g/mol. The first-order chi connectivity index (χ1) is 8.13. The molecular formula is C12H10N2O3. The van der Waals surface area contributed by atoms with Crippen molar-refractivity contribution in [1.82, 2.24) is 5.32 Å². The highest BCUT2D eigenvalue weighted by atomic mass is 16.6. The van der Waals surface area contributed by atoms with E-state index in [1.165, 1.54) is 18.2 Å². The van der Waals surface area contributed by atoms with E-state index in [-0.39, 0.29) is 18.1 Å². The van der Waals surface area contributed by atoms with Crippen LogP contribution >= 0.6 is 0 Å². The van der Waals surface area contributed by atoms with Gasteiger partial charge in [0.05, 0.1) is 11.5 Å². The third kappa shape index (κ3) is 4.18. The zero-order chi connectivity index (χ0) is 12.7. The van der Waals surface area contributed by atoms with Crippen molar-refractivity contribution >= 4 is 17.7 Å². The number of amides is 1. The molecule has 86 valence electrons. The first kappa shape index (κ1) is 12.5. The standard InChI is InChI=1S/C12H10N2O3/c1-2-9-13-12(15)8-5-10-3-6-11(7-4-10)14(16)17/h1,3-8H,9H2,(H,13,15)/b8-5+. The molecule has 1 N–H and O–H groups in total. The minimum absolute atomic E-state index is 0.0129. The van der Waals surface area contributed by atoms with E-state index in [1.807, 2.05) is 0 Å². The summed E-state index contributed by atoms with van der Waals surface area (Å²) in [7, 11) is 0. The number of nitrogens with one attached hydrogen (secondary N) is 1. The number of hydrogen-bond acceptors (Lipinski definition) is 3. The molecule has 0 fully saturated rings. The quantitative estimate of drug-likeness (QED) is 0.367. The average molecular weight is 230 g/mol. The molecule has 0 spiro atoms. The van der Waals surface area contributed by atoms with Crippen LogP contribution in [-0.4, -0.2) is 17.4 Å². The molecule has 5 nitrogen and oxygen atoms in total. The summed E-state index contributed by atoms with van der Waals surface area (Å²) in [6.07, 6.45) is 7.85. The lowest BCUT2D eigenvalue weighted by Crippen LogP contribution is -2.20. The molecule has 0 aromatic heterocycles. The lowest BCUT2D eigenvalue weighted by atomic mass is 10.2. The smallest absolute Gasteiger partial charge is 0.269 e. The van der Waals surface area contributed by atoms with Crippen LogP contribution in [0.5, 0.6) is 0 Å². The van der Waals surface area contributed by atoms with Gasteiger partial charge >= 0.3 is 0 Å². The summed E-state index contributed by atoms with van der Waals surface area (Å²) in [5.41, 5.74) is 0.713. The largest absolute Gasteiger partial charge is 0.342 e. The maximum absolute atomic E-state index is 11.1. The van der Waals surface area contributed by atoms with Gasteiger partial charge in [0.1, 0.15) is 0 Å². The fourth-order valence-electron chi connectivity index (χ4n) is 1.08. The predicted molar refractivity (Wildman–Crippen MR) is 64.0 cm³/mol. The second-order valence-electron chi connectivity index (χ2n) is 3.10. The average Bonchev–Trinajstić information content (AvgIpc) is 2.34. The van der Waals surface area contributed by atoms with Crippen molar-refractivity contribution in [3.63, 3.8) is 0 Å². The molecule has 0 heterocycles. The SMILES string of the molecule is C#CCNC(=O)/C=C/c1ccc([N+](=O)[O-])cc1. The van der Waals surface area contributed by atoms with Gasteiger partial charge in [-0.15, -0.1) is 6.42 Å². The Labute approximate surface area is 98.3 Å². The van der Waals surface area contributed by atoms with Gasteiger partial charge in [0.2, 0.25) is 5.91 Å². The third-order valence-electron chi connectivity index (χ3n) is 1.90. The Morgan fingerprint density at radius 2 is 2.12 bits per heavy atom. The molecule has 0 unspecified atom stereocenters. The molecule has 1 aromatic rings. The van der Waals surface area contributed by atoms with Crippen molar-refractivity contribution in [1.29, 1.82) is 0 Å². The van der Waals surface area contributed by atoms with Crippen molar-refractivity contribution in [3.05, 3.63) is 46.0 Å². The number of carbonyl (C=O) groups is 1. The van der Waals surface area contributed by atoms with Crippen molar-refractivity contribution in [2.45, 2.75) is 0 Å². The van der Waals surface area contributed by atoms with Crippen LogP contribution in [0.25, 0.3) is 6.08 Å². The molecule has 1 aromatic carbocycles. The highest BCUT2D eigenvalue weighted by Crippen LogP contribution is 2.12. The highest BCUT2D eigenvalue weighted by Gasteiger charge is 2.02.